The molecule has 0 radical (unpaired) electrons. The maximum atomic E-state index is 13.9. The molecule has 0 spiro atoms. The van der Waals surface area contributed by atoms with Gasteiger partial charge in [-0.15, -0.1) is 0 Å². The van der Waals surface area contributed by atoms with Crippen LogP contribution in [0.5, 0.6) is 0 Å². The van der Waals surface area contributed by atoms with Crippen LogP contribution in [0.25, 0.3) is 22.2 Å². The lowest BCUT2D eigenvalue weighted by molar-refractivity contribution is 0.0979. The van der Waals surface area contributed by atoms with E-state index >= 15 is 0 Å². The third kappa shape index (κ3) is 4.52. The molecule has 2 aromatic heterocycles. The SMILES string of the molecule is Cc1ccc(S(=O)(=O)n2cc(C)c3c(-c4cc(C)c5c(n4)CCN(c4cc(C(C)C)ccc4C)C5=O)cccc32)cc1. The minimum absolute atomic E-state index is 0.0264. The third-order valence-corrected chi connectivity index (χ3v) is 10.0. The fourth-order valence-electron chi connectivity index (χ4n) is 5.99. The van der Waals surface area contributed by atoms with Crippen LogP contribution >= 0.6 is 0 Å². The van der Waals surface area contributed by atoms with Gasteiger partial charge in [0.1, 0.15) is 0 Å². The average Bonchev–Trinajstić information content (AvgIpc) is 3.31. The highest BCUT2D eigenvalue weighted by Gasteiger charge is 2.30. The Morgan fingerprint density at radius 1 is 0.857 bits per heavy atom. The maximum Gasteiger partial charge on any atom is 0.268 e. The summed E-state index contributed by atoms with van der Waals surface area (Å²) in [5.74, 6) is 0.344. The van der Waals surface area contributed by atoms with Crippen molar-refractivity contribution in [3.8, 4) is 11.3 Å². The summed E-state index contributed by atoms with van der Waals surface area (Å²) in [5.41, 5.74) is 9.58. The molecule has 0 saturated carbocycles. The van der Waals surface area contributed by atoms with Crippen LogP contribution in [0.4, 0.5) is 5.69 Å². The van der Waals surface area contributed by atoms with Gasteiger partial charge in [-0.1, -0.05) is 55.8 Å². The molecule has 0 bridgehead atoms. The molecule has 0 N–H and O–H groups in total. The first-order chi connectivity index (χ1) is 20.0. The number of rotatable bonds is 5. The number of amides is 1. The molecule has 42 heavy (non-hydrogen) atoms. The first-order valence-electron chi connectivity index (χ1n) is 14.3. The van der Waals surface area contributed by atoms with Crippen LogP contribution in [0, 0.1) is 27.7 Å². The summed E-state index contributed by atoms with van der Waals surface area (Å²) < 4.78 is 28.6. The molecule has 3 aromatic carbocycles. The number of nitrogens with zero attached hydrogens (tertiary/aromatic N) is 3. The monoisotopic (exact) mass is 577 g/mol. The summed E-state index contributed by atoms with van der Waals surface area (Å²) in [6.07, 6.45) is 2.32. The molecule has 3 heterocycles. The minimum atomic E-state index is -3.79. The maximum absolute atomic E-state index is 13.9. The molecule has 6 rings (SSSR count). The van der Waals surface area contributed by atoms with Crippen molar-refractivity contribution in [1.82, 2.24) is 8.96 Å². The molecule has 6 nitrogen and oxygen atoms in total. The number of hydrogen-bond acceptors (Lipinski definition) is 4. The molecule has 1 aliphatic heterocycles. The number of carbonyl (C=O) groups excluding carboxylic acids is 1. The van der Waals surface area contributed by atoms with Crippen molar-refractivity contribution in [3.63, 3.8) is 0 Å². The average molecular weight is 578 g/mol. The van der Waals surface area contributed by atoms with Crippen LogP contribution in [0.1, 0.15) is 63.6 Å². The molecule has 0 atom stereocenters. The van der Waals surface area contributed by atoms with E-state index in [1.165, 1.54) is 9.54 Å². The van der Waals surface area contributed by atoms with E-state index in [1.807, 2.05) is 56.9 Å². The van der Waals surface area contributed by atoms with Crippen molar-refractivity contribution >= 4 is 32.5 Å². The van der Waals surface area contributed by atoms with Crippen molar-refractivity contribution < 1.29 is 13.2 Å². The zero-order valence-electron chi connectivity index (χ0n) is 24.9. The van der Waals surface area contributed by atoms with Crippen LogP contribution in [0.2, 0.25) is 0 Å². The highest BCUT2D eigenvalue weighted by molar-refractivity contribution is 7.90. The molecule has 5 aromatic rings. The quantitative estimate of drug-likeness (QED) is 0.217. The number of aromatic nitrogens is 2. The van der Waals surface area contributed by atoms with E-state index in [-0.39, 0.29) is 10.8 Å². The normalized spacial score (nSPS) is 13.7. The summed E-state index contributed by atoms with van der Waals surface area (Å²) in [5, 5.41) is 0.838. The molecule has 0 saturated heterocycles. The lowest BCUT2D eigenvalue weighted by Gasteiger charge is -2.31. The van der Waals surface area contributed by atoms with Crippen molar-refractivity contribution in [1.29, 1.82) is 0 Å². The highest BCUT2D eigenvalue weighted by atomic mass is 32.2. The molecular weight excluding hydrogens is 542 g/mol. The fourth-order valence-corrected chi connectivity index (χ4v) is 7.41. The second kappa shape index (κ2) is 10.2. The van der Waals surface area contributed by atoms with Gasteiger partial charge in [0.05, 0.1) is 27.4 Å². The Hall–Kier alpha value is -4.23. The number of benzene rings is 3. The van der Waals surface area contributed by atoms with Crippen LogP contribution in [0.3, 0.4) is 0 Å². The number of fused-ring (bicyclic) bond motifs is 2. The van der Waals surface area contributed by atoms with E-state index in [0.717, 1.165) is 50.3 Å². The predicted molar refractivity (Wildman–Crippen MR) is 169 cm³/mol. The van der Waals surface area contributed by atoms with Gasteiger partial charge in [-0.3, -0.25) is 9.78 Å². The van der Waals surface area contributed by atoms with Gasteiger partial charge >= 0.3 is 0 Å². The molecule has 7 heteroatoms. The van der Waals surface area contributed by atoms with Gasteiger partial charge in [0.2, 0.25) is 0 Å². The second-order valence-corrected chi connectivity index (χ2v) is 13.5. The zero-order valence-corrected chi connectivity index (χ0v) is 25.7. The topological polar surface area (TPSA) is 72.3 Å². The molecule has 0 fully saturated rings. The van der Waals surface area contributed by atoms with E-state index in [0.29, 0.717) is 30.0 Å². The number of aryl methyl sites for hydroxylation is 4. The molecule has 0 unspecified atom stereocenters. The Morgan fingerprint density at radius 3 is 2.31 bits per heavy atom. The van der Waals surface area contributed by atoms with Gasteiger partial charge in [0.25, 0.3) is 15.9 Å². The fraction of sp³-hybridized carbons (Fsp3) is 0.257. The molecule has 0 aliphatic carbocycles. The standard InChI is InChI=1S/C35H35N3O3S/c1-21(2)26-13-12-23(4)32(19-26)37-17-16-29-34(35(37)39)24(5)18-30(36-29)28-8-7-9-31-33(28)25(6)20-38(31)42(40,41)27-14-10-22(3)11-15-27/h7-15,18-21H,16-17H2,1-6H3. The van der Waals surface area contributed by atoms with Crippen LogP contribution in [-0.2, 0) is 16.4 Å². The highest BCUT2D eigenvalue weighted by Crippen LogP contribution is 2.36. The first-order valence-corrected chi connectivity index (χ1v) is 15.8. The summed E-state index contributed by atoms with van der Waals surface area (Å²) in [6, 6.07) is 20.9. The van der Waals surface area contributed by atoms with E-state index in [2.05, 4.69) is 32.0 Å². The first kappa shape index (κ1) is 27.9. The third-order valence-electron chi connectivity index (χ3n) is 8.35. The lowest BCUT2D eigenvalue weighted by atomic mass is 9.94. The largest absolute Gasteiger partial charge is 0.308 e. The minimum Gasteiger partial charge on any atom is -0.308 e. The van der Waals surface area contributed by atoms with Crippen LogP contribution in [0.15, 0.2) is 77.8 Å². The molecular formula is C35H35N3O3S. The number of anilines is 1. The van der Waals surface area contributed by atoms with Gasteiger partial charge in [-0.25, -0.2) is 12.4 Å². The van der Waals surface area contributed by atoms with Gasteiger partial charge in [-0.2, -0.15) is 0 Å². The second-order valence-electron chi connectivity index (χ2n) is 11.7. The van der Waals surface area contributed by atoms with E-state index in [1.54, 1.807) is 30.5 Å². The van der Waals surface area contributed by atoms with Gasteiger partial charge in [0, 0.05) is 35.8 Å². The Morgan fingerprint density at radius 2 is 1.60 bits per heavy atom. The van der Waals surface area contributed by atoms with Gasteiger partial charge in [-0.05, 0) is 86.2 Å². The van der Waals surface area contributed by atoms with Crippen molar-refractivity contribution in [2.24, 2.45) is 0 Å². The summed E-state index contributed by atoms with van der Waals surface area (Å²) in [7, 11) is -3.79. The number of pyridine rings is 1. The Bertz CT molecular complexity index is 1990. The van der Waals surface area contributed by atoms with Gasteiger partial charge < -0.3 is 4.90 Å². The lowest BCUT2D eigenvalue weighted by Crippen LogP contribution is -2.39. The van der Waals surface area contributed by atoms with Crippen molar-refractivity contribution in [3.05, 3.63) is 112 Å². The Kier molecular flexibility index (Phi) is 6.81. The predicted octanol–water partition coefficient (Wildman–Crippen LogP) is 7.50. The number of hydrogen-bond donors (Lipinski definition) is 0. The van der Waals surface area contributed by atoms with E-state index in [9.17, 15) is 13.2 Å². The van der Waals surface area contributed by atoms with Crippen molar-refractivity contribution in [2.75, 3.05) is 11.4 Å². The van der Waals surface area contributed by atoms with Gasteiger partial charge in [0.15, 0.2) is 0 Å². The Labute approximate surface area is 247 Å². The van der Waals surface area contributed by atoms with Crippen LogP contribution < -0.4 is 4.90 Å². The van der Waals surface area contributed by atoms with E-state index < -0.39 is 10.0 Å². The molecule has 214 valence electrons. The van der Waals surface area contributed by atoms with Crippen molar-refractivity contribution in [2.45, 2.75) is 58.8 Å². The summed E-state index contributed by atoms with van der Waals surface area (Å²) >= 11 is 0. The Balaban J connectivity index is 1.43. The molecule has 1 aliphatic rings. The zero-order chi connectivity index (χ0) is 29.9. The number of carbonyl (C=O) groups is 1. The van der Waals surface area contributed by atoms with E-state index in [4.69, 9.17) is 4.98 Å². The molecule has 1 amide bonds. The smallest absolute Gasteiger partial charge is 0.268 e. The summed E-state index contributed by atoms with van der Waals surface area (Å²) in [4.78, 5) is 21.0. The van der Waals surface area contributed by atoms with Crippen LogP contribution in [-0.4, -0.2) is 29.8 Å². The summed E-state index contributed by atoms with van der Waals surface area (Å²) in [6.45, 7) is 12.7.